The molecule has 176 valence electrons. The van der Waals surface area contributed by atoms with Crippen LogP contribution >= 0.6 is 24.0 Å². The minimum atomic E-state index is 0. The van der Waals surface area contributed by atoms with Crippen LogP contribution in [0.4, 0.5) is 5.69 Å². The van der Waals surface area contributed by atoms with Gasteiger partial charge >= 0.3 is 0 Å². The first kappa shape index (κ1) is 25.2. The van der Waals surface area contributed by atoms with Crippen LogP contribution in [0.25, 0.3) is 10.9 Å². The summed E-state index contributed by atoms with van der Waals surface area (Å²) in [6.07, 6.45) is 3.98. The summed E-state index contributed by atoms with van der Waals surface area (Å²) in [4.78, 5) is 11.6. The minimum Gasteiger partial charge on any atom is -0.396 e. The van der Waals surface area contributed by atoms with E-state index >= 15 is 0 Å². The molecule has 0 aliphatic carbocycles. The monoisotopic (exact) mass is 559 g/mol. The molecule has 1 aromatic heterocycles. The van der Waals surface area contributed by atoms with Gasteiger partial charge in [-0.05, 0) is 61.1 Å². The lowest BCUT2D eigenvalue weighted by Crippen LogP contribution is -2.36. The number of rotatable bonds is 7. The number of aliphatic hydroxyl groups excluding tert-OH is 1. The Morgan fingerprint density at radius 2 is 1.82 bits per heavy atom. The maximum atomic E-state index is 9.33. The van der Waals surface area contributed by atoms with Crippen molar-refractivity contribution in [3.05, 3.63) is 71.9 Å². The highest BCUT2D eigenvalue weighted by Crippen LogP contribution is 2.23. The third kappa shape index (κ3) is 6.80. The normalized spacial score (nSPS) is 14.7. The van der Waals surface area contributed by atoms with Crippen molar-refractivity contribution in [1.82, 2.24) is 15.6 Å². The van der Waals surface area contributed by atoms with Crippen molar-refractivity contribution in [3.8, 4) is 0 Å². The quantitative estimate of drug-likeness (QED) is 0.229. The Morgan fingerprint density at radius 3 is 2.55 bits per heavy atom. The molecule has 0 spiro atoms. The predicted octanol–water partition coefficient (Wildman–Crippen LogP) is 4.32. The van der Waals surface area contributed by atoms with Crippen LogP contribution in [0, 0.1) is 5.92 Å². The van der Waals surface area contributed by atoms with Crippen molar-refractivity contribution in [2.24, 2.45) is 10.9 Å². The SMILES string of the molecule is CCNC(=NCc1ccc(N2CCC(CO)CC2)cc1)NCc1ccnc2ccccc12.I. The van der Waals surface area contributed by atoms with Crippen molar-refractivity contribution >= 4 is 46.5 Å². The molecule has 1 aliphatic heterocycles. The molecule has 1 saturated heterocycles. The Bertz CT molecular complexity index is 1030. The van der Waals surface area contributed by atoms with Crippen LogP contribution in [0.5, 0.6) is 0 Å². The fourth-order valence-electron chi connectivity index (χ4n) is 4.19. The number of aromatic nitrogens is 1. The number of anilines is 1. The van der Waals surface area contributed by atoms with E-state index in [1.54, 1.807) is 0 Å². The van der Waals surface area contributed by atoms with Crippen molar-refractivity contribution in [2.45, 2.75) is 32.9 Å². The number of para-hydroxylation sites is 1. The number of hydrogen-bond acceptors (Lipinski definition) is 4. The number of fused-ring (bicyclic) bond motifs is 1. The number of piperidine rings is 1. The summed E-state index contributed by atoms with van der Waals surface area (Å²) >= 11 is 0. The molecule has 6 nitrogen and oxygen atoms in total. The highest BCUT2D eigenvalue weighted by Gasteiger charge is 2.18. The van der Waals surface area contributed by atoms with E-state index < -0.39 is 0 Å². The van der Waals surface area contributed by atoms with E-state index in [4.69, 9.17) is 4.99 Å². The number of benzene rings is 2. The number of guanidine groups is 1. The molecule has 0 unspecified atom stereocenters. The van der Waals surface area contributed by atoms with Gasteiger partial charge in [-0.1, -0.05) is 30.3 Å². The lowest BCUT2D eigenvalue weighted by Gasteiger charge is -2.32. The van der Waals surface area contributed by atoms with E-state index in [-0.39, 0.29) is 24.0 Å². The number of pyridine rings is 1. The molecule has 33 heavy (non-hydrogen) atoms. The van der Waals surface area contributed by atoms with Gasteiger partial charge in [0.15, 0.2) is 5.96 Å². The topological polar surface area (TPSA) is 72.8 Å². The Labute approximate surface area is 213 Å². The summed E-state index contributed by atoms with van der Waals surface area (Å²) in [7, 11) is 0. The summed E-state index contributed by atoms with van der Waals surface area (Å²) in [6.45, 7) is 6.54. The molecule has 4 rings (SSSR count). The number of nitrogens with zero attached hydrogens (tertiary/aromatic N) is 3. The van der Waals surface area contributed by atoms with Gasteiger partial charge in [0.2, 0.25) is 0 Å². The Hall–Kier alpha value is -2.39. The number of halogens is 1. The van der Waals surface area contributed by atoms with E-state index in [0.29, 0.717) is 25.6 Å². The molecule has 0 bridgehead atoms. The fourth-order valence-corrected chi connectivity index (χ4v) is 4.19. The predicted molar refractivity (Wildman–Crippen MR) is 147 cm³/mol. The number of nitrogens with one attached hydrogen (secondary N) is 2. The van der Waals surface area contributed by atoms with E-state index in [2.05, 4.69) is 63.8 Å². The van der Waals surface area contributed by atoms with Crippen LogP contribution in [0.2, 0.25) is 0 Å². The van der Waals surface area contributed by atoms with E-state index in [9.17, 15) is 5.11 Å². The van der Waals surface area contributed by atoms with Gasteiger partial charge in [0, 0.05) is 50.1 Å². The van der Waals surface area contributed by atoms with E-state index in [0.717, 1.165) is 49.3 Å². The summed E-state index contributed by atoms with van der Waals surface area (Å²) in [5.41, 5.74) is 4.65. The zero-order valence-electron chi connectivity index (χ0n) is 19.2. The molecule has 0 atom stereocenters. The zero-order valence-corrected chi connectivity index (χ0v) is 21.5. The van der Waals surface area contributed by atoms with Crippen LogP contribution in [0.1, 0.15) is 30.9 Å². The summed E-state index contributed by atoms with van der Waals surface area (Å²) < 4.78 is 0. The number of aliphatic imine (C=N–C) groups is 1. The van der Waals surface area contributed by atoms with Gasteiger partial charge in [-0.3, -0.25) is 4.98 Å². The Morgan fingerprint density at radius 1 is 1.06 bits per heavy atom. The van der Waals surface area contributed by atoms with Crippen LogP contribution in [0.15, 0.2) is 65.8 Å². The number of hydrogen-bond donors (Lipinski definition) is 3. The highest BCUT2D eigenvalue weighted by molar-refractivity contribution is 14.0. The van der Waals surface area contributed by atoms with Crippen molar-refractivity contribution < 1.29 is 5.11 Å². The van der Waals surface area contributed by atoms with Gasteiger partial charge < -0.3 is 20.6 Å². The average Bonchev–Trinajstić information content (AvgIpc) is 2.86. The summed E-state index contributed by atoms with van der Waals surface area (Å²) in [5.74, 6) is 1.27. The van der Waals surface area contributed by atoms with Crippen molar-refractivity contribution in [3.63, 3.8) is 0 Å². The standard InChI is InChI=1S/C26H33N5O.HI/c1-2-27-26(30-18-22-11-14-28-25-6-4-3-5-24(22)25)29-17-20-7-9-23(10-8-20)31-15-12-21(19-32)13-16-31;/h3-11,14,21,32H,2,12-13,15-19H2,1H3,(H2,27,29,30);1H. The highest BCUT2D eigenvalue weighted by atomic mass is 127. The minimum absolute atomic E-state index is 0. The lowest BCUT2D eigenvalue weighted by atomic mass is 9.97. The number of aliphatic hydroxyl groups is 1. The first-order valence-corrected chi connectivity index (χ1v) is 11.6. The second kappa shape index (κ2) is 12.7. The maximum absolute atomic E-state index is 9.33. The first-order valence-electron chi connectivity index (χ1n) is 11.6. The van der Waals surface area contributed by atoms with Gasteiger partial charge in [0.25, 0.3) is 0 Å². The molecular formula is C26H34IN5O. The average molecular weight is 559 g/mol. The first-order chi connectivity index (χ1) is 15.8. The van der Waals surface area contributed by atoms with Crippen molar-refractivity contribution in [2.75, 3.05) is 31.1 Å². The maximum Gasteiger partial charge on any atom is 0.191 e. The Balaban J connectivity index is 0.00000306. The second-order valence-corrected chi connectivity index (χ2v) is 8.32. The molecule has 3 aromatic rings. The van der Waals surface area contributed by atoms with Gasteiger partial charge in [0.1, 0.15) is 0 Å². The van der Waals surface area contributed by atoms with Gasteiger partial charge in [0.05, 0.1) is 12.1 Å². The Kier molecular flexibility index (Phi) is 9.75. The van der Waals surface area contributed by atoms with Crippen molar-refractivity contribution in [1.29, 1.82) is 0 Å². The smallest absolute Gasteiger partial charge is 0.191 e. The van der Waals surface area contributed by atoms with Gasteiger partial charge in [-0.15, -0.1) is 24.0 Å². The molecule has 3 N–H and O–H groups in total. The molecule has 0 radical (unpaired) electrons. The summed E-state index contributed by atoms with van der Waals surface area (Å²) in [6, 6.07) is 19.0. The van der Waals surface area contributed by atoms with Gasteiger partial charge in [-0.25, -0.2) is 4.99 Å². The largest absolute Gasteiger partial charge is 0.396 e. The van der Waals surface area contributed by atoms with Gasteiger partial charge in [-0.2, -0.15) is 0 Å². The molecule has 7 heteroatoms. The molecule has 0 amide bonds. The third-order valence-electron chi connectivity index (χ3n) is 6.12. The van der Waals surface area contributed by atoms with Crippen LogP contribution < -0.4 is 15.5 Å². The molecule has 2 heterocycles. The van der Waals surface area contributed by atoms with E-state index in [1.807, 2.05) is 24.4 Å². The molecule has 1 aliphatic rings. The molecule has 1 fully saturated rings. The molecular weight excluding hydrogens is 525 g/mol. The third-order valence-corrected chi connectivity index (χ3v) is 6.12. The van der Waals surface area contributed by atoms with Crippen LogP contribution in [-0.4, -0.2) is 42.3 Å². The fraction of sp³-hybridized carbons (Fsp3) is 0.385. The molecule has 0 saturated carbocycles. The molecule has 2 aromatic carbocycles. The summed E-state index contributed by atoms with van der Waals surface area (Å²) in [5, 5.41) is 17.3. The zero-order chi connectivity index (χ0) is 22.2. The van der Waals surface area contributed by atoms with E-state index in [1.165, 1.54) is 16.8 Å². The van der Waals surface area contributed by atoms with Crippen LogP contribution in [-0.2, 0) is 13.1 Å². The van der Waals surface area contributed by atoms with Crippen LogP contribution in [0.3, 0.4) is 0 Å². The second-order valence-electron chi connectivity index (χ2n) is 8.32. The lowest BCUT2D eigenvalue weighted by molar-refractivity contribution is 0.203.